The summed E-state index contributed by atoms with van der Waals surface area (Å²) in [5.41, 5.74) is -0.0300. The summed E-state index contributed by atoms with van der Waals surface area (Å²) in [6.07, 6.45) is 3.18. The van der Waals surface area contributed by atoms with Crippen LogP contribution in [0.15, 0.2) is 18.3 Å². The largest absolute Gasteiger partial charge is 0.367 e. The van der Waals surface area contributed by atoms with Crippen molar-refractivity contribution in [1.29, 1.82) is 0 Å². The Kier molecular flexibility index (Phi) is 4.94. The van der Waals surface area contributed by atoms with Crippen LogP contribution in [0.2, 0.25) is 0 Å². The third-order valence-electron chi connectivity index (χ3n) is 4.70. The highest BCUT2D eigenvalue weighted by Gasteiger charge is 2.46. The van der Waals surface area contributed by atoms with Crippen LogP contribution in [0.1, 0.15) is 50.4 Å². The summed E-state index contributed by atoms with van der Waals surface area (Å²) in [5, 5.41) is 6.20. The molecule has 7 heteroatoms. The minimum atomic E-state index is -0.609. The van der Waals surface area contributed by atoms with Gasteiger partial charge in [-0.1, -0.05) is 6.92 Å². The molecule has 136 valence electrons. The molecule has 2 N–H and O–H groups in total. The average molecular weight is 346 g/mol. The molecule has 0 aromatic carbocycles. The first kappa shape index (κ1) is 17.7. The quantitative estimate of drug-likeness (QED) is 0.868. The number of ether oxygens (including phenoxy) is 1. The van der Waals surface area contributed by atoms with Crippen LogP contribution in [-0.4, -0.2) is 52.7 Å². The second-order valence-corrected chi connectivity index (χ2v) is 6.99. The van der Waals surface area contributed by atoms with Gasteiger partial charge in [-0.05, 0) is 32.4 Å². The van der Waals surface area contributed by atoms with E-state index in [0.29, 0.717) is 43.7 Å². The Hall–Kier alpha value is -2.15. The number of rotatable bonds is 4. The zero-order valence-electron chi connectivity index (χ0n) is 15.0. The van der Waals surface area contributed by atoms with E-state index in [-0.39, 0.29) is 24.0 Å². The fourth-order valence-corrected chi connectivity index (χ4v) is 3.38. The maximum Gasteiger partial charge on any atom is 0.257 e. The molecule has 1 atom stereocenters. The topological polar surface area (TPSA) is 83.6 Å². The molecule has 25 heavy (non-hydrogen) atoms. The maximum absolute atomic E-state index is 12.9. The molecule has 2 fully saturated rings. The lowest BCUT2D eigenvalue weighted by atomic mass is 10.00. The molecule has 1 unspecified atom stereocenters. The Morgan fingerprint density at radius 1 is 1.48 bits per heavy atom. The molecule has 3 rings (SSSR count). The summed E-state index contributed by atoms with van der Waals surface area (Å²) in [4.78, 5) is 30.9. The molecule has 1 aromatic heterocycles. The van der Waals surface area contributed by atoms with Crippen LogP contribution < -0.4 is 10.6 Å². The Morgan fingerprint density at radius 2 is 2.20 bits per heavy atom. The fourth-order valence-electron chi connectivity index (χ4n) is 3.38. The lowest BCUT2D eigenvalue weighted by molar-refractivity contribution is -0.124. The van der Waals surface area contributed by atoms with E-state index < -0.39 is 5.72 Å². The monoisotopic (exact) mass is 346 g/mol. The molecule has 1 spiro atoms. The standard InChI is InChI=1S/C18H26N4O3/c1-4-14-16(23)21-18(25-14)7-10-22(11-8-18)17(24)13-6-5-9-19-15(13)20-12(2)3/h5-6,9,12,14H,4,7-8,10-11H2,1-3H3,(H,19,20)(H,21,23). The van der Waals surface area contributed by atoms with Gasteiger partial charge in [0.05, 0.1) is 5.56 Å². The van der Waals surface area contributed by atoms with Gasteiger partial charge in [0.25, 0.3) is 11.8 Å². The highest BCUT2D eigenvalue weighted by Crippen LogP contribution is 2.31. The summed E-state index contributed by atoms with van der Waals surface area (Å²) in [5.74, 6) is 0.527. The average Bonchev–Trinajstić information content (AvgIpc) is 2.90. The maximum atomic E-state index is 12.9. The van der Waals surface area contributed by atoms with Crippen LogP contribution in [0.25, 0.3) is 0 Å². The van der Waals surface area contributed by atoms with Crippen molar-refractivity contribution in [3.8, 4) is 0 Å². The van der Waals surface area contributed by atoms with Crippen molar-refractivity contribution in [2.24, 2.45) is 0 Å². The lowest BCUT2D eigenvalue weighted by Crippen LogP contribution is -2.53. The molecule has 3 heterocycles. The van der Waals surface area contributed by atoms with Crippen LogP contribution in [-0.2, 0) is 9.53 Å². The number of hydrogen-bond acceptors (Lipinski definition) is 5. The molecular formula is C18H26N4O3. The molecular weight excluding hydrogens is 320 g/mol. The smallest absolute Gasteiger partial charge is 0.257 e. The van der Waals surface area contributed by atoms with Crippen molar-refractivity contribution in [3.63, 3.8) is 0 Å². The summed E-state index contributed by atoms with van der Waals surface area (Å²) in [6.45, 7) is 7.06. The van der Waals surface area contributed by atoms with Gasteiger partial charge < -0.3 is 20.3 Å². The van der Waals surface area contributed by atoms with Gasteiger partial charge in [0, 0.05) is 38.2 Å². The fraction of sp³-hybridized carbons (Fsp3) is 0.611. The number of aromatic nitrogens is 1. The number of piperidine rings is 1. The Morgan fingerprint density at radius 3 is 2.80 bits per heavy atom. The van der Waals surface area contributed by atoms with Crippen molar-refractivity contribution < 1.29 is 14.3 Å². The van der Waals surface area contributed by atoms with Crippen molar-refractivity contribution in [1.82, 2.24) is 15.2 Å². The van der Waals surface area contributed by atoms with E-state index in [2.05, 4.69) is 15.6 Å². The van der Waals surface area contributed by atoms with Crippen molar-refractivity contribution in [2.75, 3.05) is 18.4 Å². The molecule has 2 amide bonds. The van der Waals surface area contributed by atoms with Gasteiger partial charge in [0.15, 0.2) is 0 Å². The van der Waals surface area contributed by atoms with Gasteiger partial charge >= 0.3 is 0 Å². The molecule has 0 bridgehead atoms. The van der Waals surface area contributed by atoms with Gasteiger partial charge in [0.1, 0.15) is 17.6 Å². The van der Waals surface area contributed by atoms with E-state index in [4.69, 9.17) is 4.74 Å². The van der Waals surface area contributed by atoms with Gasteiger partial charge in [-0.25, -0.2) is 4.98 Å². The molecule has 1 aromatic rings. The van der Waals surface area contributed by atoms with E-state index in [1.54, 1.807) is 18.3 Å². The van der Waals surface area contributed by atoms with Gasteiger partial charge in [-0.2, -0.15) is 0 Å². The molecule has 0 aliphatic carbocycles. The predicted octanol–water partition coefficient (Wildman–Crippen LogP) is 1.76. The summed E-state index contributed by atoms with van der Waals surface area (Å²) < 4.78 is 5.94. The highest BCUT2D eigenvalue weighted by molar-refractivity contribution is 5.98. The number of nitrogens with zero attached hydrogens (tertiary/aromatic N) is 2. The van der Waals surface area contributed by atoms with Gasteiger partial charge in [-0.3, -0.25) is 9.59 Å². The predicted molar refractivity (Wildman–Crippen MR) is 94.2 cm³/mol. The highest BCUT2D eigenvalue weighted by atomic mass is 16.5. The molecule has 2 aliphatic heterocycles. The first-order chi connectivity index (χ1) is 11.9. The van der Waals surface area contributed by atoms with E-state index in [9.17, 15) is 9.59 Å². The minimum Gasteiger partial charge on any atom is -0.367 e. The van der Waals surface area contributed by atoms with E-state index in [1.807, 2.05) is 25.7 Å². The Bertz CT molecular complexity index is 653. The van der Waals surface area contributed by atoms with Crippen molar-refractivity contribution in [3.05, 3.63) is 23.9 Å². The first-order valence-corrected chi connectivity index (χ1v) is 8.95. The van der Waals surface area contributed by atoms with E-state index in [0.717, 1.165) is 0 Å². The summed E-state index contributed by atoms with van der Waals surface area (Å²) in [7, 11) is 0. The summed E-state index contributed by atoms with van der Waals surface area (Å²) >= 11 is 0. The van der Waals surface area contributed by atoms with Crippen molar-refractivity contribution >= 4 is 17.6 Å². The SMILES string of the molecule is CCC1OC2(CCN(C(=O)c3cccnc3NC(C)C)CC2)NC1=O. The van der Waals surface area contributed by atoms with E-state index in [1.165, 1.54) is 0 Å². The molecule has 0 radical (unpaired) electrons. The number of hydrogen-bond donors (Lipinski definition) is 2. The first-order valence-electron chi connectivity index (χ1n) is 8.95. The van der Waals surface area contributed by atoms with Crippen LogP contribution in [0.5, 0.6) is 0 Å². The second kappa shape index (κ2) is 7.00. The number of nitrogens with one attached hydrogen (secondary N) is 2. The number of anilines is 1. The van der Waals surface area contributed by atoms with Crippen molar-refractivity contribution in [2.45, 2.75) is 57.9 Å². The van der Waals surface area contributed by atoms with Gasteiger partial charge in [0.2, 0.25) is 0 Å². The number of amides is 2. The van der Waals surface area contributed by atoms with Crippen LogP contribution in [0.3, 0.4) is 0 Å². The van der Waals surface area contributed by atoms with Crippen LogP contribution >= 0.6 is 0 Å². The lowest BCUT2D eigenvalue weighted by Gasteiger charge is -2.38. The van der Waals surface area contributed by atoms with E-state index >= 15 is 0 Å². The van der Waals surface area contributed by atoms with Crippen LogP contribution in [0.4, 0.5) is 5.82 Å². The minimum absolute atomic E-state index is 0.0394. The van der Waals surface area contributed by atoms with Crippen LogP contribution in [0, 0.1) is 0 Å². The molecule has 2 aliphatic rings. The summed E-state index contributed by atoms with van der Waals surface area (Å²) in [6, 6.07) is 3.76. The number of likely N-dealkylation sites (tertiary alicyclic amines) is 1. The number of carbonyl (C=O) groups excluding carboxylic acids is 2. The number of carbonyl (C=O) groups is 2. The Balaban J connectivity index is 1.68. The zero-order valence-corrected chi connectivity index (χ0v) is 15.0. The third kappa shape index (κ3) is 3.61. The molecule has 0 saturated carbocycles. The zero-order chi connectivity index (χ0) is 18.0. The second-order valence-electron chi connectivity index (χ2n) is 6.99. The normalized spacial score (nSPS) is 22.3. The third-order valence-corrected chi connectivity index (χ3v) is 4.70. The number of pyridine rings is 1. The molecule has 7 nitrogen and oxygen atoms in total. The van der Waals surface area contributed by atoms with Gasteiger partial charge in [-0.15, -0.1) is 0 Å². The Labute approximate surface area is 148 Å². The molecule has 2 saturated heterocycles.